The zero-order valence-corrected chi connectivity index (χ0v) is 51.2. The SMILES string of the molecule is CC/C=C\C/C=C\C/C=C\C/C=C\C/C=C\CCCCCCCCCCCCCCCCCCCC(=O)OCC(COC(=O)CCCCCCC/C=C\CCCCC)OC(=O)CCCCCCCCCCCCCCCC. The molecule has 0 bridgehead atoms. The predicted octanol–water partition coefficient (Wildman–Crippen LogP) is 22.9. The van der Waals surface area contributed by atoms with Crippen LogP contribution in [-0.4, -0.2) is 37.2 Å². The van der Waals surface area contributed by atoms with Crippen molar-refractivity contribution in [2.75, 3.05) is 13.2 Å². The fraction of sp³-hybridized carbons (Fsp3) is 0.789. The molecule has 0 saturated heterocycles. The molecule has 0 amide bonds. The highest BCUT2D eigenvalue weighted by Gasteiger charge is 2.19. The van der Waals surface area contributed by atoms with Crippen molar-refractivity contribution in [2.45, 2.75) is 348 Å². The summed E-state index contributed by atoms with van der Waals surface area (Å²) in [6, 6.07) is 0. The quantitative estimate of drug-likeness (QED) is 0.0261. The summed E-state index contributed by atoms with van der Waals surface area (Å²) in [6.45, 7) is 6.54. The van der Waals surface area contributed by atoms with Crippen LogP contribution in [0.2, 0.25) is 0 Å². The number of allylic oxidation sites excluding steroid dienone is 12. The fourth-order valence-electron chi connectivity index (χ4n) is 9.70. The summed E-state index contributed by atoms with van der Waals surface area (Å²) < 4.78 is 16.9. The van der Waals surface area contributed by atoms with E-state index in [1.165, 1.54) is 205 Å². The molecule has 0 heterocycles. The van der Waals surface area contributed by atoms with E-state index in [0.717, 1.165) is 96.3 Å². The van der Waals surface area contributed by atoms with Gasteiger partial charge < -0.3 is 14.2 Å². The molecule has 0 aliphatic carbocycles. The van der Waals surface area contributed by atoms with Gasteiger partial charge in [0.2, 0.25) is 0 Å². The highest BCUT2D eigenvalue weighted by molar-refractivity contribution is 5.71. The molecular formula is C71H126O6. The Morgan fingerprint density at radius 2 is 0.506 bits per heavy atom. The number of rotatable bonds is 61. The molecule has 0 aromatic carbocycles. The van der Waals surface area contributed by atoms with Gasteiger partial charge in [0, 0.05) is 19.3 Å². The minimum absolute atomic E-state index is 0.0723. The molecule has 0 fully saturated rings. The van der Waals surface area contributed by atoms with Gasteiger partial charge in [-0.25, -0.2) is 0 Å². The molecule has 6 nitrogen and oxygen atoms in total. The summed E-state index contributed by atoms with van der Waals surface area (Å²) in [5.41, 5.74) is 0. The van der Waals surface area contributed by atoms with E-state index in [4.69, 9.17) is 14.2 Å². The van der Waals surface area contributed by atoms with Crippen LogP contribution in [0.1, 0.15) is 342 Å². The molecule has 0 rings (SSSR count). The first kappa shape index (κ1) is 73.8. The second kappa shape index (κ2) is 65.4. The van der Waals surface area contributed by atoms with Crippen LogP contribution in [0.4, 0.5) is 0 Å². The Morgan fingerprint density at radius 1 is 0.273 bits per heavy atom. The molecule has 77 heavy (non-hydrogen) atoms. The molecule has 0 spiro atoms. The number of hydrogen-bond donors (Lipinski definition) is 0. The molecule has 0 aliphatic rings. The molecule has 0 N–H and O–H groups in total. The standard InChI is InChI=1S/C71H126O6/c1-4-7-10-13-16-19-22-25-27-28-29-30-31-32-33-34-35-36-37-38-39-40-41-42-43-44-45-47-49-52-55-58-61-64-70(73)76-67-68(66-75-69(72)63-60-57-54-51-48-24-21-18-15-12-9-6-3)77-71(74)65-62-59-56-53-50-46-26-23-20-17-14-11-8-5-2/h7,10,16,18-19,21,25,27,29-30,32-33,68H,4-6,8-9,11-15,17,20,22-24,26,28,31,34-67H2,1-3H3/b10-7-,19-16-,21-18-,27-25-,30-29-,33-32-. The Balaban J connectivity index is 4.10. The average molecular weight is 1080 g/mol. The molecular weight excluding hydrogens is 949 g/mol. The summed E-state index contributed by atoms with van der Waals surface area (Å²) in [5.74, 6) is -0.863. The van der Waals surface area contributed by atoms with E-state index in [0.29, 0.717) is 19.3 Å². The molecule has 0 aliphatic heterocycles. The number of carbonyl (C=O) groups excluding carboxylic acids is 3. The molecule has 0 aromatic rings. The average Bonchev–Trinajstić information content (AvgIpc) is 3.43. The minimum atomic E-state index is -0.774. The second-order valence-electron chi connectivity index (χ2n) is 22.4. The van der Waals surface area contributed by atoms with Crippen molar-refractivity contribution in [1.29, 1.82) is 0 Å². The first-order valence-electron chi connectivity index (χ1n) is 33.4. The van der Waals surface area contributed by atoms with Gasteiger partial charge in [0.15, 0.2) is 6.10 Å². The highest BCUT2D eigenvalue weighted by atomic mass is 16.6. The van der Waals surface area contributed by atoms with E-state index < -0.39 is 6.10 Å². The van der Waals surface area contributed by atoms with Crippen molar-refractivity contribution >= 4 is 17.9 Å². The zero-order valence-electron chi connectivity index (χ0n) is 51.2. The summed E-state index contributed by atoms with van der Waals surface area (Å²) in [7, 11) is 0. The maximum atomic E-state index is 12.9. The summed E-state index contributed by atoms with van der Waals surface area (Å²) in [4.78, 5) is 38.2. The maximum absolute atomic E-state index is 12.9. The van der Waals surface area contributed by atoms with Crippen molar-refractivity contribution in [3.05, 3.63) is 72.9 Å². The van der Waals surface area contributed by atoms with E-state index in [2.05, 4.69) is 93.7 Å². The van der Waals surface area contributed by atoms with Crippen molar-refractivity contribution in [1.82, 2.24) is 0 Å². The van der Waals surface area contributed by atoms with Crippen molar-refractivity contribution in [3.63, 3.8) is 0 Å². The Hall–Kier alpha value is -3.15. The van der Waals surface area contributed by atoms with Crippen LogP contribution < -0.4 is 0 Å². The highest BCUT2D eigenvalue weighted by Crippen LogP contribution is 2.17. The summed E-state index contributed by atoms with van der Waals surface area (Å²) >= 11 is 0. The van der Waals surface area contributed by atoms with Gasteiger partial charge in [-0.05, 0) is 89.9 Å². The van der Waals surface area contributed by atoms with Gasteiger partial charge in [0.1, 0.15) is 13.2 Å². The second-order valence-corrected chi connectivity index (χ2v) is 22.4. The Kier molecular flexibility index (Phi) is 62.7. The van der Waals surface area contributed by atoms with Crippen LogP contribution >= 0.6 is 0 Å². The third-order valence-corrected chi connectivity index (χ3v) is 14.7. The van der Waals surface area contributed by atoms with E-state index in [1.807, 2.05) is 0 Å². The van der Waals surface area contributed by atoms with Crippen LogP contribution in [0.5, 0.6) is 0 Å². The lowest BCUT2D eigenvalue weighted by atomic mass is 10.0. The molecule has 0 aromatic heterocycles. The van der Waals surface area contributed by atoms with E-state index in [9.17, 15) is 14.4 Å². The van der Waals surface area contributed by atoms with Crippen LogP contribution in [0.3, 0.4) is 0 Å². The number of hydrogen-bond acceptors (Lipinski definition) is 6. The molecule has 0 radical (unpaired) electrons. The first-order valence-corrected chi connectivity index (χ1v) is 33.4. The predicted molar refractivity (Wildman–Crippen MR) is 335 cm³/mol. The van der Waals surface area contributed by atoms with Crippen LogP contribution in [0.15, 0.2) is 72.9 Å². The van der Waals surface area contributed by atoms with Gasteiger partial charge in [-0.15, -0.1) is 0 Å². The topological polar surface area (TPSA) is 78.9 Å². The molecule has 1 atom stereocenters. The van der Waals surface area contributed by atoms with E-state index in [-0.39, 0.29) is 31.1 Å². The van der Waals surface area contributed by atoms with Gasteiger partial charge in [0.05, 0.1) is 0 Å². The van der Waals surface area contributed by atoms with Crippen LogP contribution in [-0.2, 0) is 28.6 Å². The summed E-state index contributed by atoms with van der Waals surface area (Å²) in [6.07, 6.45) is 85.0. The van der Waals surface area contributed by atoms with Crippen molar-refractivity contribution in [2.24, 2.45) is 0 Å². The fourth-order valence-corrected chi connectivity index (χ4v) is 9.70. The zero-order chi connectivity index (χ0) is 55.7. The normalized spacial score (nSPS) is 12.5. The molecule has 446 valence electrons. The Bertz CT molecular complexity index is 1420. The van der Waals surface area contributed by atoms with Crippen molar-refractivity contribution < 1.29 is 28.6 Å². The lowest BCUT2D eigenvalue weighted by Crippen LogP contribution is -2.30. The number of unbranched alkanes of at least 4 members (excludes halogenated alkanes) is 38. The monoisotopic (exact) mass is 1070 g/mol. The maximum Gasteiger partial charge on any atom is 0.306 e. The number of ether oxygens (including phenoxy) is 3. The number of carbonyl (C=O) groups is 3. The van der Waals surface area contributed by atoms with Gasteiger partial charge in [-0.2, -0.15) is 0 Å². The largest absolute Gasteiger partial charge is 0.462 e. The lowest BCUT2D eigenvalue weighted by Gasteiger charge is -2.18. The van der Waals surface area contributed by atoms with Gasteiger partial charge in [0.25, 0.3) is 0 Å². The van der Waals surface area contributed by atoms with E-state index >= 15 is 0 Å². The van der Waals surface area contributed by atoms with E-state index in [1.54, 1.807) is 0 Å². The van der Waals surface area contributed by atoms with Gasteiger partial charge >= 0.3 is 17.9 Å². The molecule has 6 heteroatoms. The Labute approximate surface area is 478 Å². The first-order chi connectivity index (χ1) is 38.0. The molecule has 0 saturated carbocycles. The smallest absolute Gasteiger partial charge is 0.306 e. The van der Waals surface area contributed by atoms with Gasteiger partial charge in [-0.1, -0.05) is 306 Å². The van der Waals surface area contributed by atoms with Crippen molar-refractivity contribution in [3.8, 4) is 0 Å². The minimum Gasteiger partial charge on any atom is -0.462 e. The number of esters is 3. The van der Waals surface area contributed by atoms with Crippen LogP contribution in [0, 0.1) is 0 Å². The molecule has 1 unspecified atom stereocenters. The lowest BCUT2D eigenvalue weighted by molar-refractivity contribution is -0.167. The van der Waals surface area contributed by atoms with Gasteiger partial charge in [-0.3, -0.25) is 14.4 Å². The van der Waals surface area contributed by atoms with Crippen LogP contribution in [0.25, 0.3) is 0 Å². The Morgan fingerprint density at radius 3 is 0.831 bits per heavy atom. The third-order valence-electron chi connectivity index (χ3n) is 14.7. The summed E-state index contributed by atoms with van der Waals surface area (Å²) in [5, 5.41) is 0. The third kappa shape index (κ3) is 63.6.